The van der Waals surface area contributed by atoms with Gasteiger partial charge < -0.3 is 9.80 Å². The number of rotatable bonds is 7. The Balaban J connectivity index is 1.49. The Kier molecular flexibility index (Phi) is 7.57. The average Bonchev–Trinajstić information content (AvgIpc) is 2.81. The van der Waals surface area contributed by atoms with Gasteiger partial charge >= 0.3 is 0 Å². The Bertz CT molecular complexity index is 1150. The highest BCUT2D eigenvalue weighted by atomic mass is 32.1. The summed E-state index contributed by atoms with van der Waals surface area (Å²) in [6.45, 7) is 5.95. The van der Waals surface area contributed by atoms with Crippen molar-refractivity contribution >= 4 is 12.2 Å². The fraction of sp³-hybridized carbons (Fsp3) is 0.360. The van der Waals surface area contributed by atoms with Crippen LogP contribution in [0.4, 0.5) is 13.2 Å². The van der Waals surface area contributed by atoms with E-state index in [0.29, 0.717) is 16.9 Å². The Morgan fingerprint density at radius 2 is 1.58 bits per heavy atom. The van der Waals surface area contributed by atoms with Crippen LogP contribution >= 0.6 is 12.2 Å². The first-order chi connectivity index (χ1) is 15.9. The molecule has 0 radical (unpaired) electrons. The van der Waals surface area contributed by atoms with Crippen LogP contribution in [-0.2, 0) is 13.0 Å². The summed E-state index contributed by atoms with van der Waals surface area (Å²) in [4.78, 5) is 4.86. The molecule has 1 saturated heterocycles. The molecule has 0 unspecified atom stereocenters. The molecule has 0 atom stereocenters. The van der Waals surface area contributed by atoms with Gasteiger partial charge in [-0.3, -0.25) is 0 Å². The van der Waals surface area contributed by atoms with Crippen LogP contribution in [0.15, 0.2) is 48.5 Å². The molecule has 1 fully saturated rings. The van der Waals surface area contributed by atoms with Crippen molar-refractivity contribution in [1.82, 2.24) is 19.6 Å². The lowest BCUT2D eigenvalue weighted by molar-refractivity contribution is 0.153. The number of benzene rings is 2. The maximum atomic E-state index is 13.7. The first-order valence-corrected chi connectivity index (χ1v) is 11.5. The Hall–Kier alpha value is -2.55. The van der Waals surface area contributed by atoms with Crippen LogP contribution in [0.5, 0.6) is 0 Å². The number of hydrogen-bond acceptors (Lipinski definition) is 4. The Morgan fingerprint density at radius 1 is 0.909 bits per heavy atom. The summed E-state index contributed by atoms with van der Waals surface area (Å²) in [5.41, 5.74) is 2.83. The van der Waals surface area contributed by atoms with Gasteiger partial charge in [0.05, 0.1) is 12.2 Å². The summed E-state index contributed by atoms with van der Waals surface area (Å²) in [6.07, 6.45) is 2.01. The van der Waals surface area contributed by atoms with Gasteiger partial charge in [-0.25, -0.2) is 17.9 Å². The summed E-state index contributed by atoms with van der Waals surface area (Å²) in [7, 11) is 2.16. The minimum atomic E-state index is -1.49. The molecule has 1 aliphatic heterocycles. The fourth-order valence-corrected chi connectivity index (χ4v) is 4.27. The normalized spacial score (nSPS) is 15.2. The van der Waals surface area contributed by atoms with Gasteiger partial charge in [0, 0.05) is 31.7 Å². The molecule has 4 nitrogen and oxygen atoms in total. The zero-order valence-corrected chi connectivity index (χ0v) is 19.4. The van der Waals surface area contributed by atoms with E-state index < -0.39 is 17.5 Å². The largest absolute Gasteiger partial charge is 0.304 e. The standard InChI is InChI=1S/C25H27F3N4S/c1-30-11-13-31(14-12-30)10-4-7-18-5-2-3-6-19(18)17-32-24(33)9-8-23(29-32)20-15-21(26)25(28)22(27)16-20/h2-3,5-6,8-9,15-16H,4,7,10-14,17H2,1H3. The summed E-state index contributed by atoms with van der Waals surface area (Å²) in [6, 6.07) is 13.3. The van der Waals surface area contributed by atoms with Crippen LogP contribution in [0.25, 0.3) is 11.3 Å². The maximum Gasteiger partial charge on any atom is 0.194 e. The number of nitrogens with zero attached hydrogens (tertiary/aromatic N) is 4. The van der Waals surface area contributed by atoms with Gasteiger partial charge in [0.25, 0.3) is 0 Å². The minimum absolute atomic E-state index is 0.163. The van der Waals surface area contributed by atoms with E-state index >= 15 is 0 Å². The van der Waals surface area contributed by atoms with Crippen LogP contribution in [0.1, 0.15) is 17.5 Å². The van der Waals surface area contributed by atoms with Crippen molar-refractivity contribution in [2.75, 3.05) is 39.8 Å². The summed E-state index contributed by atoms with van der Waals surface area (Å²) < 4.78 is 42.9. The lowest BCUT2D eigenvalue weighted by Gasteiger charge is -2.32. The van der Waals surface area contributed by atoms with E-state index in [1.54, 1.807) is 16.8 Å². The smallest absolute Gasteiger partial charge is 0.194 e. The third kappa shape index (κ3) is 5.88. The number of halogens is 3. The summed E-state index contributed by atoms with van der Waals surface area (Å²) >= 11 is 5.44. The maximum absolute atomic E-state index is 13.7. The van der Waals surface area contributed by atoms with Crippen molar-refractivity contribution in [2.24, 2.45) is 0 Å². The molecule has 0 N–H and O–H groups in total. The highest BCUT2D eigenvalue weighted by Gasteiger charge is 2.15. The van der Waals surface area contributed by atoms with Gasteiger partial charge in [0.1, 0.15) is 4.64 Å². The molecule has 0 saturated carbocycles. The molecule has 2 heterocycles. The summed E-state index contributed by atoms with van der Waals surface area (Å²) in [5.74, 6) is -3.98. The van der Waals surface area contributed by atoms with E-state index in [4.69, 9.17) is 12.2 Å². The second-order valence-electron chi connectivity index (χ2n) is 8.49. The molecule has 3 aromatic rings. The minimum Gasteiger partial charge on any atom is -0.304 e. The molecule has 4 rings (SSSR count). The van der Waals surface area contributed by atoms with Gasteiger partial charge in [0.15, 0.2) is 17.5 Å². The number of hydrogen-bond donors (Lipinski definition) is 0. The van der Waals surface area contributed by atoms with E-state index in [0.717, 1.165) is 63.3 Å². The highest BCUT2D eigenvalue weighted by Crippen LogP contribution is 2.22. The molecule has 1 aromatic heterocycles. The van der Waals surface area contributed by atoms with E-state index in [2.05, 4.69) is 34.1 Å². The van der Waals surface area contributed by atoms with Crippen molar-refractivity contribution in [3.05, 3.63) is 81.8 Å². The third-order valence-electron chi connectivity index (χ3n) is 6.10. The Labute approximate surface area is 197 Å². The molecular formula is C25H27F3N4S. The van der Waals surface area contributed by atoms with Crippen molar-refractivity contribution in [1.29, 1.82) is 0 Å². The van der Waals surface area contributed by atoms with Gasteiger partial charge in [-0.2, -0.15) is 5.10 Å². The predicted octanol–water partition coefficient (Wildman–Crippen LogP) is 4.93. The quantitative estimate of drug-likeness (QED) is 0.360. The predicted molar refractivity (Wildman–Crippen MR) is 126 cm³/mol. The van der Waals surface area contributed by atoms with Crippen LogP contribution in [0, 0.1) is 22.1 Å². The first-order valence-electron chi connectivity index (χ1n) is 11.1. The highest BCUT2D eigenvalue weighted by molar-refractivity contribution is 7.71. The number of piperazine rings is 1. The van der Waals surface area contributed by atoms with Crippen molar-refractivity contribution in [2.45, 2.75) is 19.4 Å². The zero-order valence-electron chi connectivity index (χ0n) is 18.6. The van der Waals surface area contributed by atoms with Crippen molar-refractivity contribution < 1.29 is 13.2 Å². The fourth-order valence-electron chi connectivity index (χ4n) is 4.10. The number of aryl methyl sites for hydroxylation is 1. The molecule has 0 spiro atoms. The topological polar surface area (TPSA) is 24.3 Å². The van der Waals surface area contributed by atoms with E-state index in [1.165, 1.54) is 5.56 Å². The van der Waals surface area contributed by atoms with Gasteiger partial charge in [-0.15, -0.1) is 0 Å². The van der Waals surface area contributed by atoms with Crippen LogP contribution < -0.4 is 0 Å². The van der Waals surface area contributed by atoms with Crippen LogP contribution in [-0.4, -0.2) is 59.4 Å². The molecule has 174 valence electrons. The monoisotopic (exact) mass is 472 g/mol. The van der Waals surface area contributed by atoms with Crippen molar-refractivity contribution in [3.63, 3.8) is 0 Å². The molecule has 2 aromatic carbocycles. The van der Waals surface area contributed by atoms with E-state index in [-0.39, 0.29) is 5.56 Å². The first kappa shape index (κ1) is 23.6. The SMILES string of the molecule is CN1CCN(CCCc2ccccc2Cn2nc(-c3cc(F)c(F)c(F)c3)ccc2=S)CC1. The summed E-state index contributed by atoms with van der Waals surface area (Å²) in [5, 5.41) is 4.50. The van der Waals surface area contributed by atoms with Gasteiger partial charge in [-0.05, 0) is 61.8 Å². The molecule has 33 heavy (non-hydrogen) atoms. The molecule has 8 heteroatoms. The third-order valence-corrected chi connectivity index (χ3v) is 6.45. The van der Waals surface area contributed by atoms with Crippen LogP contribution in [0.2, 0.25) is 0 Å². The van der Waals surface area contributed by atoms with Crippen molar-refractivity contribution in [3.8, 4) is 11.3 Å². The molecule has 0 aliphatic carbocycles. The van der Waals surface area contributed by atoms with E-state index in [9.17, 15) is 13.2 Å². The molecule has 0 amide bonds. The van der Waals surface area contributed by atoms with Gasteiger partial charge in [0.2, 0.25) is 0 Å². The lowest BCUT2D eigenvalue weighted by atomic mass is 10.0. The second kappa shape index (κ2) is 10.6. The Morgan fingerprint density at radius 3 is 2.27 bits per heavy atom. The molecule has 0 bridgehead atoms. The van der Waals surface area contributed by atoms with Gasteiger partial charge in [-0.1, -0.05) is 36.5 Å². The molecular weight excluding hydrogens is 445 g/mol. The van der Waals surface area contributed by atoms with Crippen LogP contribution in [0.3, 0.4) is 0 Å². The number of aromatic nitrogens is 2. The lowest BCUT2D eigenvalue weighted by Crippen LogP contribution is -2.44. The second-order valence-corrected chi connectivity index (χ2v) is 8.90. The number of likely N-dealkylation sites (N-methyl/N-ethyl adjacent to an activating group) is 1. The van der Waals surface area contributed by atoms with E-state index in [1.807, 2.05) is 12.1 Å². The molecule has 1 aliphatic rings. The zero-order chi connectivity index (χ0) is 23.4. The average molecular weight is 473 g/mol.